The molecule has 0 spiro atoms. The van der Waals surface area contributed by atoms with Crippen LogP contribution in [0.25, 0.3) is 0 Å². The average molecular weight is 323 g/mol. The molecule has 22 heavy (non-hydrogen) atoms. The predicted octanol–water partition coefficient (Wildman–Crippen LogP) is 2.40. The summed E-state index contributed by atoms with van der Waals surface area (Å²) in [6, 6.07) is 5.20. The van der Waals surface area contributed by atoms with Crippen LogP contribution in [0.5, 0.6) is 0 Å². The maximum atomic E-state index is 12.2. The molecule has 1 aromatic rings. The Morgan fingerprint density at radius 1 is 1.32 bits per heavy atom. The first-order valence-corrected chi connectivity index (χ1v) is 6.90. The second-order valence-electron chi connectivity index (χ2n) is 4.77. The van der Waals surface area contributed by atoms with Crippen molar-refractivity contribution in [2.75, 3.05) is 7.11 Å². The lowest BCUT2D eigenvalue weighted by molar-refractivity contribution is -0.137. The summed E-state index contributed by atoms with van der Waals surface area (Å²) < 4.78 is 4.79. The van der Waals surface area contributed by atoms with Crippen LogP contribution in [-0.2, 0) is 14.3 Å². The van der Waals surface area contributed by atoms with Crippen molar-refractivity contribution in [2.24, 2.45) is 0 Å². The molecule has 7 heteroatoms. The minimum Gasteiger partial charge on any atom is -0.466 e. The van der Waals surface area contributed by atoms with Crippen LogP contribution in [-0.4, -0.2) is 29.9 Å². The molecule has 0 aromatic heterocycles. The van der Waals surface area contributed by atoms with E-state index in [9.17, 15) is 14.4 Å². The van der Waals surface area contributed by atoms with Gasteiger partial charge >= 0.3 is 12.0 Å². The van der Waals surface area contributed by atoms with E-state index in [1.807, 2.05) is 0 Å². The summed E-state index contributed by atoms with van der Waals surface area (Å²) in [5.41, 5.74) is 0.985. The topological polar surface area (TPSA) is 75.7 Å². The predicted molar refractivity (Wildman–Crippen MR) is 80.0 cm³/mol. The molecule has 1 heterocycles. The molecule has 6 nitrogen and oxygen atoms in total. The number of carbonyl (C=O) groups is 3. The first-order chi connectivity index (χ1) is 10.4. The van der Waals surface area contributed by atoms with Crippen LogP contribution < -0.4 is 5.32 Å². The largest absolute Gasteiger partial charge is 0.466 e. The van der Waals surface area contributed by atoms with Crippen molar-refractivity contribution in [1.29, 1.82) is 0 Å². The molecule has 1 aromatic carbocycles. The third-order valence-electron chi connectivity index (χ3n) is 3.39. The smallest absolute Gasteiger partial charge is 0.337 e. The molecule has 1 aliphatic heterocycles. The molecule has 3 amide bonds. The quantitative estimate of drug-likeness (QED) is 0.848. The van der Waals surface area contributed by atoms with Crippen LogP contribution in [0.3, 0.4) is 0 Å². The number of benzene rings is 1. The molecule has 1 unspecified atom stereocenters. The molecule has 0 aliphatic carbocycles. The summed E-state index contributed by atoms with van der Waals surface area (Å²) in [5.74, 6) is -1.13. The Hall–Kier alpha value is -2.34. The molecule has 0 bridgehead atoms. The number of nitrogens with one attached hydrogen (secondary N) is 1. The summed E-state index contributed by atoms with van der Waals surface area (Å²) in [6.07, 6.45) is 0. The fraction of sp³-hybridized carbons (Fsp3) is 0.267. The number of imide groups is 1. The van der Waals surface area contributed by atoms with E-state index in [0.29, 0.717) is 16.3 Å². The molecule has 0 saturated heterocycles. The Bertz CT molecular complexity index is 684. The van der Waals surface area contributed by atoms with Gasteiger partial charge in [0.15, 0.2) is 0 Å². The Balaban J connectivity index is 2.71. The molecule has 1 aliphatic rings. The van der Waals surface area contributed by atoms with E-state index in [2.05, 4.69) is 5.32 Å². The normalized spacial score (nSPS) is 18.1. The number of urea groups is 1. The van der Waals surface area contributed by atoms with Crippen molar-refractivity contribution in [1.82, 2.24) is 10.2 Å². The highest BCUT2D eigenvalue weighted by atomic mass is 35.5. The maximum absolute atomic E-state index is 12.2. The zero-order valence-corrected chi connectivity index (χ0v) is 13.1. The zero-order chi connectivity index (χ0) is 16.4. The van der Waals surface area contributed by atoms with E-state index in [1.54, 1.807) is 31.2 Å². The van der Waals surface area contributed by atoms with E-state index in [-0.39, 0.29) is 5.57 Å². The van der Waals surface area contributed by atoms with Crippen LogP contribution >= 0.6 is 11.6 Å². The number of nitrogens with zero attached hydrogens (tertiary/aromatic N) is 1. The van der Waals surface area contributed by atoms with Gasteiger partial charge in [0.05, 0.1) is 12.7 Å². The van der Waals surface area contributed by atoms with Gasteiger partial charge in [0.1, 0.15) is 6.04 Å². The van der Waals surface area contributed by atoms with Crippen LogP contribution in [0, 0.1) is 0 Å². The molecule has 116 valence electrons. The highest BCUT2D eigenvalue weighted by molar-refractivity contribution is 6.31. The second-order valence-corrected chi connectivity index (χ2v) is 5.18. The third kappa shape index (κ3) is 2.69. The average Bonchev–Trinajstić information content (AvgIpc) is 2.45. The number of hydrogen-bond acceptors (Lipinski definition) is 4. The van der Waals surface area contributed by atoms with Gasteiger partial charge in [-0.1, -0.05) is 29.8 Å². The highest BCUT2D eigenvalue weighted by Gasteiger charge is 2.41. The van der Waals surface area contributed by atoms with Crippen molar-refractivity contribution >= 4 is 29.5 Å². The molecule has 0 fully saturated rings. The number of esters is 1. The van der Waals surface area contributed by atoms with Gasteiger partial charge in [0.2, 0.25) is 5.91 Å². The molecule has 2 rings (SSSR count). The minimum absolute atomic E-state index is 0.172. The Morgan fingerprint density at radius 2 is 1.95 bits per heavy atom. The fourth-order valence-electron chi connectivity index (χ4n) is 2.43. The van der Waals surface area contributed by atoms with Crippen molar-refractivity contribution in [3.8, 4) is 0 Å². The SMILES string of the molecule is COC(=O)C1=C(C)NC(=O)N(C(C)=O)C1c1ccccc1Cl. The fourth-order valence-corrected chi connectivity index (χ4v) is 2.67. The van der Waals surface area contributed by atoms with Gasteiger partial charge in [-0.25, -0.2) is 9.59 Å². The summed E-state index contributed by atoms with van der Waals surface area (Å²) in [7, 11) is 1.24. The second kappa shape index (κ2) is 6.19. The number of ether oxygens (including phenoxy) is 1. The lowest BCUT2D eigenvalue weighted by Crippen LogP contribution is -2.50. The number of allylic oxidation sites excluding steroid dienone is 1. The zero-order valence-electron chi connectivity index (χ0n) is 12.3. The number of amides is 3. The first-order valence-electron chi connectivity index (χ1n) is 6.52. The van der Waals surface area contributed by atoms with Crippen molar-refractivity contribution in [3.05, 3.63) is 46.1 Å². The van der Waals surface area contributed by atoms with E-state index in [1.165, 1.54) is 14.0 Å². The lowest BCUT2D eigenvalue weighted by Gasteiger charge is -2.35. The Morgan fingerprint density at radius 3 is 2.50 bits per heavy atom. The third-order valence-corrected chi connectivity index (χ3v) is 3.74. The highest BCUT2D eigenvalue weighted by Crippen LogP contribution is 2.37. The molecule has 0 saturated carbocycles. The van der Waals surface area contributed by atoms with Crippen LogP contribution in [0.4, 0.5) is 4.79 Å². The maximum Gasteiger partial charge on any atom is 0.337 e. The van der Waals surface area contributed by atoms with E-state index >= 15 is 0 Å². The summed E-state index contributed by atoms with van der Waals surface area (Å²) in [4.78, 5) is 37.2. The monoisotopic (exact) mass is 322 g/mol. The van der Waals surface area contributed by atoms with E-state index in [0.717, 1.165) is 4.90 Å². The Labute approximate surface area is 132 Å². The number of rotatable bonds is 2. The summed E-state index contributed by atoms with van der Waals surface area (Å²) in [5, 5.41) is 2.85. The Kier molecular flexibility index (Phi) is 4.51. The van der Waals surface area contributed by atoms with Gasteiger partial charge in [0, 0.05) is 17.6 Å². The molecular weight excluding hydrogens is 308 g/mol. The van der Waals surface area contributed by atoms with Gasteiger partial charge in [-0.15, -0.1) is 0 Å². The molecule has 1 N–H and O–H groups in total. The first kappa shape index (κ1) is 16.0. The van der Waals surface area contributed by atoms with Crippen molar-refractivity contribution in [2.45, 2.75) is 19.9 Å². The van der Waals surface area contributed by atoms with Crippen molar-refractivity contribution < 1.29 is 19.1 Å². The molecule has 1 atom stereocenters. The van der Waals surface area contributed by atoms with Gasteiger partial charge in [-0.2, -0.15) is 0 Å². The van der Waals surface area contributed by atoms with Crippen molar-refractivity contribution in [3.63, 3.8) is 0 Å². The van der Waals surface area contributed by atoms with E-state index < -0.39 is 23.9 Å². The van der Waals surface area contributed by atoms with E-state index in [4.69, 9.17) is 16.3 Å². The van der Waals surface area contributed by atoms with Gasteiger partial charge in [-0.05, 0) is 18.6 Å². The van der Waals surface area contributed by atoms with Crippen LogP contribution in [0.1, 0.15) is 25.5 Å². The van der Waals surface area contributed by atoms with Gasteiger partial charge < -0.3 is 10.1 Å². The molecule has 0 radical (unpaired) electrons. The number of carbonyl (C=O) groups excluding carboxylic acids is 3. The number of methoxy groups -OCH3 is 1. The summed E-state index contributed by atoms with van der Waals surface area (Å²) >= 11 is 6.19. The van der Waals surface area contributed by atoms with Crippen LogP contribution in [0.2, 0.25) is 5.02 Å². The number of halogens is 1. The minimum atomic E-state index is -0.924. The number of hydrogen-bond donors (Lipinski definition) is 1. The van der Waals surface area contributed by atoms with Crippen LogP contribution in [0.15, 0.2) is 35.5 Å². The lowest BCUT2D eigenvalue weighted by atomic mass is 9.93. The van der Waals surface area contributed by atoms with Gasteiger partial charge in [-0.3, -0.25) is 9.69 Å². The standard InChI is InChI=1S/C15H15ClN2O4/c1-8-12(14(20)22-3)13(10-6-4-5-7-11(10)16)18(9(2)19)15(21)17-8/h4-7,13H,1-3H3,(H,17,21). The van der Waals surface area contributed by atoms with Gasteiger partial charge in [0.25, 0.3) is 0 Å². The molecular formula is C15H15ClN2O4. The summed E-state index contributed by atoms with van der Waals surface area (Å²) in [6.45, 7) is 2.82.